The van der Waals surface area contributed by atoms with Gasteiger partial charge in [0.1, 0.15) is 28.9 Å². The third-order valence-electron chi connectivity index (χ3n) is 4.47. The van der Waals surface area contributed by atoms with Crippen molar-refractivity contribution in [1.29, 1.82) is 0 Å². The van der Waals surface area contributed by atoms with Crippen LogP contribution in [0.1, 0.15) is 48.3 Å². The highest BCUT2D eigenvalue weighted by Gasteiger charge is 2.17. The number of rotatable bonds is 7. The molecule has 0 unspecified atom stereocenters. The van der Waals surface area contributed by atoms with E-state index >= 15 is 0 Å². The highest BCUT2D eigenvalue weighted by Crippen LogP contribution is 2.20. The van der Waals surface area contributed by atoms with Crippen LogP contribution in [0, 0.1) is 12.7 Å². The smallest absolute Gasteiger partial charge is 0.412 e. The number of methoxy groups -OCH3 is 1. The highest BCUT2D eigenvalue weighted by atomic mass is 19.1. The van der Waals surface area contributed by atoms with E-state index in [0.29, 0.717) is 47.2 Å². The summed E-state index contributed by atoms with van der Waals surface area (Å²) in [4.78, 5) is 32.0. The predicted molar refractivity (Wildman–Crippen MR) is 124 cm³/mol. The molecule has 0 aliphatic carbocycles. The molecule has 180 valence electrons. The molecule has 0 saturated heterocycles. The van der Waals surface area contributed by atoms with Crippen LogP contribution in [0.3, 0.4) is 0 Å². The van der Waals surface area contributed by atoms with Crippen LogP contribution in [0.25, 0.3) is 0 Å². The molecule has 0 fully saturated rings. The van der Waals surface area contributed by atoms with Gasteiger partial charge < -0.3 is 14.8 Å². The molecule has 0 aliphatic rings. The molecular weight excluding hydrogens is 443 g/mol. The zero-order valence-corrected chi connectivity index (χ0v) is 19.7. The van der Waals surface area contributed by atoms with Crippen LogP contribution >= 0.6 is 0 Å². The minimum absolute atomic E-state index is 0.132. The van der Waals surface area contributed by atoms with Gasteiger partial charge in [-0.1, -0.05) is 0 Å². The average molecular weight is 471 g/mol. The van der Waals surface area contributed by atoms with Gasteiger partial charge >= 0.3 is 12.1 Å². The van der Waals surface area contributed by atoms with E-state index in [9.17, 15) is 14.0 Å². The van der Waals surface area contributed by atoms with Crippen LogP contribution in [0.5, 0.6) is 0 Å². The van der Waals surface area contributed by atoms with Gasteiger partial charge in [-0.2, -0.15) is 5.10 Å². The van der Waals surface area contributed by atoms with Crippen molar-refractivity contribution in [3.8, 4) is 0 Å². The number of anilines is 3. The summed E-state index contributed by atoms with van der Waals surface area (Å²) < 4.78 is 24.2. The molecule has 3 rings (SSSR count). The van der Waals surface area contributed by atoms with Crippen molar-refractivity contribution < 1.29 is 23.5 Å². The van der Waals surface area contributed by atoms with Crippen LogP contribution in [-0.4, -0.2) is 44.9 Å². The number of hydrogen-bond acceptors (Lipinski definition) is 8. The Kier molecular flexibility index (Phi) is 7.44. The highest BCUT2D eigenvalue weighted by molar-refractivity contribution is 5.88. The molecule has 0 aliphatic heterocycles. The molecule has 0 saturated carbocycles. The van der Waals surface area contributed by atoms with E-state index in [0.717, 1.165) is 0 Å². The minimum atomic E-state index is -0.635. The average Bonchev–Trinajstić information content (AvgIpc) is 3.18. The Balaban J connectivity index is 1.63. The first-order valence-electron chi connectivity index (χ1n) is 10.6. The van der Waals surface area contributed by atoms with Gasteiger partial charge in [-0.25, -0.2) is 23.9 Å². The molecule has 0 atom stereocenters. The van der Waals surface area contributed by atoms with E-state index < -0.39 is 17.7 Å². The van der Waals surface area contributed by atoms with Gasteiger partial charge in [-0.3, -0.25) is 10.4 Å². The molecule has 0 spiro atoms. The fourth-order valence-electron chi connectivity index (χ4n) is 3.06. The van der Waals surface area contributed by atoms with E-state index in [2.05, 4.69) is 30.8 Å². The second kappa shape index (κ2) is 10.3. The standard InChI is InChI=1S/C23H27FN6O4/c1-13-25-18(21(31)33-5)12-19(26-13)28-20-11-16(29-30-20)7-6-14-10-15(8-9-17(14)24)27-22(32)34-23(2,3)4/h8-12H,6-7H2,1-5H3,(H,27,32)(H2,25,26,28,29,30). The summed E-state index contributed by atoms with van der Waals surface area (Å²) in [5.74, 6) is 0.403. The van der Waals surface area contributed by atoms with E-state index in [4.69, 9.17) is 9.47 Å². The number of ether oxygens (including phenoxy) is 2. The van der Waals surface area contributed by atoms with Crippen molar-refractivity contribution in [2.45, 2.75) is 46.1 Å². The second-order valence-corrected chi connectivity index (χ2v) is 8.51. The molecule has 11 heteroatoms. The lowest BCUT2D eigenvalue weighted by Crippen LogP contribution is -2.27. The van der Waals surface area contributed by atoms with Crippen LogP contribution < -0.4 is 10.6 Å². The largest absolute Gasteiger partial charge is 0.464 e. The lowest BCUT2D eigenvalue weighted by molar-refractivity contribution is 0.0591. The van der Waals surface area contributed by atoms with Crippen LogP contribution in [0.2, 0.25) is 0 Å². The summed E-state index contributed by atoms with van der Waals surface area (Å²) in [7, 11) is 1.28. The van der Waals surface area contributed by atoms with Gasteiger partial charge in [0.05, 0.1) is 12.8 Å². The Morgan fingerprint density at radius 1 is 1.12 bits per heavy atom. The number of benzene rings is 1. The number of hydrogen-bond donors (Lipinski definition) is 3. The SMILES string of the molecule is COC(=O)c1cc(Nc2cc(CCc3cc(NC(=O)OC(C)(C)C)ccc3F)n[nH]2)nc(C)n1. The third-order valence-corrected chi connectivity index (χ3v) is 4.47. The number of H-pyrrole nitrogens is 1. The Morgan fingerprint density at radius 3 is 2.59 bits per heavy atom. The predicted octanol–water partition coefficient (Wildman–Crippen LogP) is 4.31. The first-order valence-corrected chi connectivity index (χ1v) is 10.6. The van der Waals surface area contributed by atoms with Crippen LogP contribution in [0.15, 0.2) is 30.3 Å². The lowest BCUT2D eigenvalue weighted by Gasteiger charge is -2.19. The number of nitrogens with one attached hydrogen (secondary N) is 3. The minimum Gasteiger partial charge on any atom is -0.464 e. The molecule has 34 heavy (non-hydrogen) atoms. The molecule has 0 radical (unpaired) electrons. The van der Waals surface area contributed by atoms with Crippen LogP contribution in [-0.2, 0) is 22.3 Å². The van der Waals surface area contributed by atoms with E-state index in [1.807, 2.05) is 0 Å². The van der Waals surface area contributed by atoms with E-state index in [1.54, 1.807) is 39.8 Å². The second-order valence-electron chi connectivity index (χ2n) is 8.51. The van der Waals surface area contributed by atoms with Gasteiger partial charge in [0.2, 0.25) is 0 Å². The normalized spacial score (nSPS) is 11.1. The number of aromatic amines is 1. The molecule has 1 aromatic carbocycles. The fourth-order valence-corrected chi connectivity index (χ4v) is 3.06. The summed E-state index contributed by atoms with van der Waals surface area (Å²) in [6.45, 7) is 6.95. The first-order chi connectivity index (χ1) is 16.0. The summed E-state index contributed by atoms with van der Waals surface area (Å²) >= 11 is 0. The zero-order chi connectivity index (χ0) is 24.9. The van der Waals surface area contributed by atoms with Crippen molar-refractivity contribution in [1.82, 2.24) is 20.2 Å². The van der Waals surface area contributed by atoms with Crippen molar-refractivity contribution in [3.63, 3.8) is 0 Å². The number of esters is 1. The van der Waals surface area contributed by atoms with Gasteiger partial charge in [-0.15, -0.1) is 0 Å². The lowest BCUT2D eigenvalue weighted by atomic mass is 10.1. The molecule has 3 N–H and O–H groups in total. The van der Waals surface area contributed by atoms with Crippen molar-refractivity contribution in [2.75, 3.05) is 17.7 Å². The third kappa shape index (κ3) is 6.99. The molecule has 10 nitrogen and oxygen atoms in total. The van der Waals surface area contributed by atoms with Crippen molar-refractivity contribution >= 4 is 29.4 Å². The molecule has 2 heterocycles. The van der Waals surface area contributed by atoms with Gasteiger partial charge in [0.15, 0.2) is 5.69 Å². The van der Waals surface area contributed by atoms with Gasteiger partial charge in [0.25, 0.3) is 0 Å². The summed E-state index contributed by atoms with van der Waals surface area (Å²) in [6.07, 6.45) is 0.198. The summed E-state index contributed by atoms with van der Waals surface area (Å²) in [5, 5.41) is 12.7. The van der Waals surface area contributed by atoms with E-state index in [-0.39, 0.29) is 11.5 Å². The number of amides is 1. The number of carbonyl (C=O) groups excluding carboxylic acids is 2. The topological polar surface area (TPSA) is 131 Å². The van der Waals surface area contributed by atoms with Crippen molar-refractivity contribution in [3.05, 3.63) is 58.9 Å². The number of carbonyl (C=O) groups is 2. The summed E-state index contributed by atoms with van der Waals surface area (Å²) in [6, 6.07) is 7.58. The Bertz CT molecular complexity index is 1190. The van der Waals surface area contributed by atoms with Gasteiger partial charge in [0, 0.05) is 17.8 Å². The number of aryl methyl sites for hydroxylation is 3. The molecular formula is C23H27FN6O4. The maximum atomic E-state index is 14.3. The maximum absolute atomic E-state index is 14.3. The molecule has 1 amide bonds. The molecule has 0 bridgehead atoms. The number of aromatic nitrogens is 4. The fraction of sp³-hybridized carbons (Fsp3) is 0.348. The zero-order valence-electron chi connectivity index (χ0n) is 19.7. The van der Waals surface area contributed by atoms with Crippen molar-refractivity contribution in [2.24, 2.45) is 0 Å². The maximum Gasteiger partial charge on any atom is 0.412 e. The molecule has 2 aromatic heterocycles. The number of nitrogens with zero attached hydrogens (tertiary/aromatic N) is 3. The van der Waals surface area contributed by atoms with E-state index in [1.165, 1.54) is 25.3 Å². The monoisotopic (exact) mass is 470 g/mol. The Morgan fingerprint density at radius 2 is 1.88 bits per heavy atom. The van der Waals surface area contributed by atoms with Gasteiger partial charge in [-0.05, 0) is 64.3 Å². The molecule has 3 aromatic rings. The quantitative estimate of drug-likeness (QED) is 0.435. The van der Waals surface area contributed by atoms with Crippen LogP contribution in [0.4, 0.5) is 26.5 Å². The first kappa shape index (κ1) is 24.6. The summed E-state index contributed by atoms with van der Waals surface area (Å²) in [5.41, 5.74) is 1.05. The Hall–Kier alpha value is -4.02. The Labute approximate surface area is 196 Å². The number of halogens is 1.